The van der Waals surface area contributed by atoms with Crippen molar-refractivity contribution >= 4 is 21.6 Å². The first-order valence-corrected chi connectivity index (χ1v) is 7.38. The third-order valence-electron chi connectivity index (χ3n) is 2.58. The average molecular weight is 276 g/mol. The minimum Gasteiger partial charge on any atom is -0.378 e. The van der Waals surface area contributed by atoms with Gasteiger partial charge in [-0.3, -0.25) is 0 Å². The Labute approximate surface area is 106 Å². The molecule has 1 aromatic carbocycles. The number of sulfonamides is 1. The first-order chi connectivity index (χ1) is 8.12. The summed E-state index contributed by atoms with van der Waals surface area (Å²) >= 11 is 5.62. The molecular formula is C11H14ClNO3S. The maximum Gasteiger partial charge on any atom is 0.240 e. The summed E-state index contributed by atoms with van der Waals surface area (Å²) < 4.78 is 31.3. The normalized spacial score (nSPS) is 16.8. The number of halogens is 1. The van der Waals surface area contributed by atoms with Gasteiger partial charge in [-0.2, -0.15) is 0 Å². The van der Waals surface area contributed by atoms with Crippen LogP contribution in [0.4, 0.5) is 0 Å². The number of alkyl halides is 1. The molecule has 4 nitrogen and oxygen atoms in total. The van der Waals surface area contributed by atoms with Crippen LogP contribution in [0.3, 0.4) is 0 Å². The molecule has 17 heavy (non-hydrogen) atoms. The van der Waals surface area contributed by atoms with Crippen molar-refractivity contribution in [1.29, 1.82) is 0 Å². The van der Waals surface area contributed by atoms with Gasteiger partial charge in [0.05, 0.1) is 24.2 Å². The molecule has 0 saturated carbocycles. The predicted octanol–water partition coefficient (Wildman–Crippen LogP) is 1.14. The molecule has 0 spiro atoms. The maximum absolute atomic E-state index is 11.9. The van der Waals surface area contributed by atoms with Gasteiger partial charge < -0.3 is 4.74 Å². The van der Waals surface area contributed by atoms with Crippen molar-refractivity contribution < 1.29 is 13.2 Å². The second-order valence-corrected chi connectivity index (χ2v) is 6.03. The van der Waals surface area contributed by atoms with Crippen molar-refractivity contribution in [2.75, 3.05) is 19.1 Å². The van der Waals surface area contributed by atoms with Crippen LogP contribution in [-0.4, -0.2) is 33.6 Å². The Hall–Kier alpha value is -0.620. The van der Waals surface area contributed by atoms with Crippen molar-refractivity contribution in [3.8, 4) is 0 Å². The second kappa shape index (κ2) is 5.35. The topological polar surface area (TPSA) is 55.4 Å². The zero-order chi connectivity index (χ0) is 12.3. The molecule has 0 aliphatic carbocycles. The van der Waals surface area contributed by atoms with E-state index in [1.807, 2.05) is 0 Å². The Morgan fingerprint density at radius 2 is 1.94 bits per heavy atom. The van der Waals surface area contributed by atoms with E-state index in [1.54, 1.807) is 24.3 Å². The van der Waals surface area contributed by atoms with Gasteiger partial charge in [-0.15, -0.1) is 11.6 Å². The monoisotopic (exact) mass is 275 g/mol. The lowest BCUT2D eigenvalue weighted by molar-refractivity contribution is 0.00482. The number of rotatable bonds is 5. The highest BCUT2D eigenvalue weighted by molar-refractivity contribution is 7.89. The van der Waals surface area contributed by atoms with E-state index in [0.717, 1.165) is 12.0 Å². The third-order valence-corrected chi connectivity index (χ3v) is 4.30. The van der Waals surface area contributed by atoms with Crippen LogP contribution in [0.2, 0.25) is 0 Å². The van der Waals surface area contributed by atoms with Gasteiger partial charge in [-0.25, -0.2) is 13.1 Å². The average Bonchev–Trinajstić information content (AvgIpc) is 2.25. The Bertz CT molecular complexity index is 468. The zero-order valence-corrected chi connectivity index (χ0v) is 10.8. The van der Waals surface area contributed by atoms with Crippen molar-refractivity contribution in [3.63, 3.8) is 0 Å². The molecule has 1 aliphatic rings. The van der Waals surface area contributed by atoms with E-state index < -0.39 is 10.0 Å². The molecule has 0 amide bonds. The summed E-state index contributed by atoms with van der Waals surface area (Å²) in [6.45, 7) is 0.896. The fourth-order valence-corrected chi connectivity index (χ4v) is 2.96. The summed E-state index contributed by atoms with van der Waals surface area (Å²) in [6.07, 6.45) is 0.742. The lowest BCUT2D eigenvalue weighted by Gasteiger charge is -2.26. The Morgan fingerprint density at radius 1 is 1.29 bits per heavy atom. The van der Waals surface area contributed by atoms with E-state index in [4.69, 9.17) is 16.3 Å². The van der Waals surface area contributed by atoms with E-state index in [0.29, 0.717) is 19.1 Å². The highest BCUT2D eigenvalue weighted by Crippen LogP contribution is 2.13. The molecule has 1 N–H and O–H groups in total. The van der Waals surface area contributed by atoms with Crippen LogP contribution in [0, 0.1) is 0 Å². The SMILES string of the molecule is O=S(=O)(NC1COC1)c1ccc(CCCl)cc1. The summed E-state index contributed by atoms with van der Waals surface area (Å²) in [7, 11) is -3.42. The summed E-state index contributed by atoms with van der Waals surface area (Å²) in [4.78, 5) is 0.280. The molecule has 2 rings (SSSR count). The van der Waals surface area contributed by atoms with Crippen LogP contribution in [-0.2, 0) is 21.2 Å². The standard InChI is InChI=1S/C11H14ClNO3S/c12-6-5-9-1-3-11(4-2-9)17(14,15)13-10-7-16-8-10/h1-4,10,13H,5-8H2. The van der Waals surface area contributed by atoms with Gasteiger partial charge in [0.1, 0.15) is 0 Å². The van der Waals surface area contributed by atoms with E-state index in [1.165, 1.54) is 0 Å². The van der Waals surface area contributed by atoms with Crippen molar-refractivity contribution in [1.82, 2.24) is 4.72 Å². The van der Waals surface area contributed by atoms with E-state index in [-0.39, 0.29) is 10.9 Å². The molecule has 0 unspecified atom stereocenters. The molecule has 0 atom stereocenters. The molecule has 0 aromatic heterocycles. The number of nitrogens with one attached hydrogen (secondary N) is 1. The zero-order valence-electron chi connectivity index (χ0n) is 9.23. The smallest absolute Gasteiger partial charge is 0.240 e. The molecule has 1 fully saturated rings. The van der Waals surface area contributed by atoms with Gasteiger partial charge in [0.15, 0.2) is 0 Å². The van der Waals surface area contributed by atoms with Gasteiger partial charge in [-0.05, 0) is 24.1 Å². The van der Waals surface area contributed by atoms with Crippen LogP contribution in [0.25, 0.3) is 0 Å². The van der Waals surface area contributed by atoms with Crippen LogP contribution < -0.4 is 4.72 Å². The number of benzene rings is 1. The molecule has 6 heteroatoms. The van der Waals surface area contributed by atoms with Crippen LogP contribution in [0.15, 0.2) is 29.2 Å². The second-order valence-electron chi connectivity index (χ2n) is 3.94. The van der Waals surface area contributed by atoms with Gasteiger partial charge in [0.25, 0.3) is 0 Å². The number of hydrogen-bond donors (Lipinski definition) is 1. The third kappa shape index (κ3) is 3.19. The molecule has 0 radical (unpaired) electrons. The summed E-state index contributed by atoms with van der Waals surface area (Å²) in [6, 6.07) is 6.68. The molecule has 1 aliphatic heterocycles. The van der Waals surface area contributed by atoms with Crippen LogP contribution in [0.1, 0.15) is 5.56 Å². The molecule has 1 saturated heterocycles. The maximum atomic E-state index is 11.9. The fourth-order valence-electron chi connectivity index (χ4n) is 1.54. The lowest BCUT2D eigenvalue weighted by Crippen LogP contribution is -2.48. The summed E-state index contributed by atoms with van der Waals surface area (Å²) in [5, 5.41) is 0. The van der Waals surface area contributed by atoms with Gasteiger partial charge in [-0.1, -0.05) is 12.1 Å². The summed E-state index contributed by atoms with van der Waals surface area (Å²) in [5.41, 5.74) is 1.03. The Morgan fingerprint density at radius 3 is 2.41 bits per heavy atom. The van der Waals surface area contributed by atoms with Gasteiger partial charge in [0.2, 0.25) is 10.0 Å². The van der Waals surface area contributed by atoms with Gasteiger partial charge in [0, 0.05) is 5.88 Å². The number of aryl methyl sites for hydroxylation is 1. The minimum atomic E-state index is -3.42. The molecule has 1 heterocycles. The Kier molecular flexibility index (Phi) is 4.04. The predicted molar refractivity (Wildman–Crippen MR) is 65.8 cm³/mol. The van der Waals surface area contributed by atoms with Crippen LogP contribution in [0.5, 0.6) is 0 Å². The van der Waals surface area contributed by atoms with Crippen molar-refractivity contribution in [3.05, 3.63) is 29.8 Å². The Balaban J connectivity index is 2.09. The molecule has 94 valence electrons. The lowest BCUT2D eigenvalue weighted by atomic mass is 10.2. The van der Waals surface area contributed by atoms with Gasteiger partial charge >= 0.3 is 0 Å². The van der Waals surface area contributed by atoms with Crippen molar-refractivity contribution in [2.45, 2.75) is 17.4 Å². The number of ether oxygens (including phenoxy) is 1. The van der Waals surface area contributed by atoms with E-state index in [9.17, 15) is 8.42 Å². The summed E-state index contributed by atoms with van der Waals surface area (Å²) in [5.74, 6) is 0.532. The number of hydrogen-bond acceptors (Lipinski definition) is 3. The van der Waals surface area contributed by atoms with E-state index >= 15 is 0 Å². The quantitative estimate of drug-likeness (QED) is 0.820. The highest BCUT2D eigenvalue weighted by Gasteiger charge is 2.25. The molecule has 0 bridgehead atoms. The highest BCUT2D eigenvalue weighted by atomic mass is 35.5. The largest absolute Gasteiger partial charge is 0.378 e. The molecular weight excluding hydrogens is 262 g/mol. The first-order valence-electron chi connectivity index (χ1n) is 5.37. The fraction of sp³-hybridized carbons (Fsp3) is 0.455. The van der Waals surface area contributed by atoms with Crippen LogP contribution >= 0.6 is 11.6 Å². The van der Waals surface area contributed by atoms with Crippen molar-refractivity contribution in [2.24, 2.45) is 0 Å². The minimum absolute atomic E-state index is 0.0949. The molecule has 1 aromatic rings. The van der Waals surface area contributed by atoms with E-state index in [2.05, 4.69) is 4.72 Å². The first kappa shape index (κ1) is 12.8.